The van der Waals surface area contributed by atoms with Crippen molar-refractivity contribution in [1.29, 1.82) is 0 Å². The highest BCUT2D eigenvalue weighted by Crippen LogP contribution is 2.20. The third-order valence-electron chi connectivity index (χ3n) is 2.36. The molecular formula is C13H10ClNO. The number of benzene rings is 1. The Labute approximate surface area is 98.9 Å². The van der Waals surface area contributed by atoms with Gasteiger partial charge in [0.2, 0.25) is 0 Å². The van der Waals surface area contributed by atoms with Gasteiger partial charge in [0.15, 0.2) is 0 Å². The van der Waals surface area contributed by atoms with Crippen molar-refractivity contribution in [2.45, 2.75) is 6.42 Å². The Morgan fingerprint density at radius 1 is 1.19 bits per heavy atom. The molecule has 0 saturated carbocycles. The minimum absolute atomic E-state index is 0.600. The maximum Gasteiger partial charge on any atom is 0.150 e. The van der Waals surface area contributed by atoms with Gasteiger partial charge in [0.25, 0.3) is 0 Å². The minimum Gasteiger partial charge on any atom is -0.298 e. The first-order chi connectivity index (χ1) is 7.79. The monoisotopic (exact) mass is 231 g/mol. The number of rotatable bonds is 3. The Balaban J connectivity index is 2.25. The van der Waals surface area contributed by atoms with E-state index >= 15 is 0 Å². The fraction of sp³-hybridized carbons (Fsp3) is 0.0769. The van der Waals surface area contributed by atoms with Crippen molar-refractivity contribution < 1.29 is 4.79 Å². The molecule has 0 aliphatic carbocycles. The third kappa shape index (κ3) is 2.47. The molecule has 0 saturated heterocycles. The van der Waals surface area contributed by atoms with Crippen LogP contribution < -0.4 is 0 Å². The van der Waals surface area contributed by atoms with Crippen molar-refractivity contribution in [2.75, 3.05) is 0 Å². The second kappa shape index (κ2) is 4.90. The van der Waals surface area contributed by atoms with Crippen LogP contribution in [0.3, 0.4) is 0 Å². The number of hydrogen-bond donors (Lipinski definition) is 0. The number of carbonyl (C=O) groups excluding carboxylic acids is 1. The highest BCUT2D eigenvalue weighted by Gasteiger charge is 2.02. The smallest absolute Gasteiger partial charge is 0.150 e. The lowest BCUT2D eigenvalue weighted by Crippen LogP contribution is -1.91. The van der Waals surface area contributed by atoms with Gasteiger partial charge in [-0.1, -0.05) is 23.7 Å². The number of aromatic nitrogens is 1. The van der Waals surface area contributed by atoms with Gasteiger partial charge < -0.3 is 0 Å². The van der Waals surface area contributed by atoms with Crippen LogP contribution in [-0.2, 0) is 6.42 Å². The molecule has 0 radical (unpaired) electrons. The molecule has 0 amide bonds. The van der Waals surface area contributed by atoms with E-state index < -0.39 is 0 Å². The molecular weight excluding hydrogens is 222 g/mol. The summed E-state index contributed by atoms with van der Waals surface area (Å²) in [7, 11) is 0. The Morgan fingerprint density at radius 2 is 1.94 bits per heavy atom. The molecule has 16 heavy (non-hydrogen) atoms. The zero-order valence-electron chi connectivity index (χ0n) is 8.56. The number of aldehydes is 1. The van der Waals surface area contributed by atoms with Gasteiger partial charge in [0, 0.05) is 23.0 Å². The summed E-state index contributed by atoms with van der Waals surface area (Å²) in [6.07, 6.45) is 5.05. The number of pyridine rings is 1. The van der Waals surface area contributed by atoms with E-state index in [0.29, 0.717) is 10.6 Å². The van der Waals surface area contributed by atoms with Crippen molar-refractivity contribution in [2.24, 2.45) is 0 Å². The molecule has 2 aromatic rings. The molecule has 0 N–H and O–H groups in total. The van der Waals surface area contributed by atoms with Crippen LogP contribution in [0.2, 0.25) is 5.02 Å². The molecule has 2 nitrogen and oxygen atoms in total. The first-order valence-electron chi connectivity index (χ1n) is 4.92. The van der Waals surface area contributed by atoms with Gasteiger partial charge >= 0.3 is 0 Å². The second-order valence-corrected chi connectivity index (χ2v) is 3.91. The van der Waals surface area contributed by atoms with Crippen LogP contribution in [0.5, 0.6) is 0 Å². The molecule has 1 heterocycles. The Bertz CT molecular complexity index is 497. The van der Waals surface area contributed by atoms with Crippen molar-refractivity contribution in [3.8, 4) is 0 Å². The SMILES string of the molecule is O=Cc1ccc(Cc2ccncc2)c(Cl)c1. The van der Waals surface area contributed by atoms with Crippen LogP contribution in [-0.4, -0.2) is 11.3 Å². The van der Waals surface area contributed by atoms with Crippen LogP contribution in [0.25, 0.3) is 0 Å². The molecule has 1 aromatic heterocycles. The van der Waals surface area contributed by atoms with E-state index in [2.05, 4.69) is 4.98 Å². The third-order valence-corrected chi connectivity index (χ3v) is 2.71. The van der Waals surface area contributed by atoms with Crippen LogP contribution in [0.4, 0.5) is 0 Å². The summed E-state index contributed by atoms with van der Waals surface area (Å²) in [5, 5.41) is 0.626. The summed E-state index contributed by atoms with van der Waals surface area (Å²) in [6, 6.07) is 9.24. The standard InChI is InChI=1S/C13H10ClNO/c14-13-8-11(9-16)1-2-12(13)7-10-3-5-15-6-4-10/h1-6,8-9H,7H2. The van der Waals surface area contributed by atoms with Crippen molar-refractivity contribution >= 4 is 17.9 Å². The molecule has 0 atom stereocenters. The number of carbonyl (C=O) groups is 1. The molecule has 0 unspecified atom stereocenters. The van der Waals surface area contributed by atoms with E-state index in [1.807, 2.05) is 18.2 Å². The van der Waals surface area contributed by atoms with Crippen LogP contribution in [0.1, 0.15) is 21.5 Å². The summed E-state index contributed by atoms with van der Waals surface area (Å²) in [4.78, 5) is 14.5. The normalized spacial score (nSPS) is 10.1. The number of nitrogens with zero attached hydrogens (tertiary/aromatic N) is 1. The summed E-state index contributed by atoms with van der Waals surface area (Å²) in [6.45, 7) is 0. The average Bonchev–Trinajstić information content (AvgIpc) is 2.33. The van der Waals surface area contributed by atoms with Gasteiger partial charge in [-0.25, -0.2) is 0 Å². The molecule has 2 rings (SSSR count). The second-order valence-electron chi connectivity index (χ2n) is 3.50. The van der Waals surface area contributed by atoms with Gasteiger partial charge in [-0.3, -0.25) is 9.78 Å². The van der Waals surface area contributed by atoms with E-state index in [1.165, 1.54) is 0 Å². The maximum atomic E-state index is 10.6. The summed E-state index contributed by atoms with van der Waals surface area (Å²) < 4.78 is 0. The van der Waals surface area contributed by atoms with Crippen molar-refractivity contribution in [3.63, 3.8) is 0 Å². The van der Waals surface area contributed by atoms with Gasteiger partial charge in [0.1, 0.15) is 6.29 Å². The van der Waals surface area contributed by atoms with E-state index in [-0.39, 0.29) is 0 Å². The van der Waals surface area contributed by atoms with Gasteiger partial charge in [-0.15, -0.1) is 0 Å². The van der Waals surface area contributed by atoms with E-state index in [4.69, 9.17) is 11.6 Å². The molecule has 0 aliphatic heterocycles. The Hall–Kier alpha value is -1.67. The summed E-state index contributed by atoms with van der Waals surface area (Å²) in [5.74, 6) is 0. The quantitative estimate of drug-likeness (QED) is 0.760. The zero-order chi connectivity index (χ0) is 11.4. The highest BCUT2D eigenvalue weighted by atomic mass is 35.5. The van der Waals surface area contributed by atoms with Gasteiger partial charge in [0.05, 0.1) is 0 Å². The summed E-state index contributed by atoms with van der Waals surface area (Å²) in [5.41, 5.74) is 2.76. The van der Waals surface area contributed by atoms with E-state index in [0.717, 1.165) is 23.8 Å². The summed E-state index contributed by atoms with van der Waals surface area (Å²) >= 11 is 6.08. The van der Waals surface area contributed by atoms with Gasteiger partial charge in [-0.05, 0) is 35.7 Å². The fourth-order valence-electron chi connectivity index (χ4n) is 1.50. The van der Waals surface area contributed by atoms with Gasteiger partial charge in [-0.2, -0.15) is 0 Å². The molecule has 0 aliphatic rings. The maximum absolute atomic E-state index is 10.6. The predicted octanol–water partition coefficient (Wildman–Crippen LogP) is 3.14. The highest BCUT2D eigenvalue weighted by molar-refractivity contribution is 6.31. The molecule has 3 heteroatoms. The predicted molar refractivity (Wildman–Crippen MR) is 63.9 cm³/mol. The largest absolute Gasteiger partial charge is 0.298 e. The molecule has 1 aromatic carbocycles. The van der Waals surface area contributed by atoms with Crippen LogP contribution in [0, 0.1) is 0 Å². The minimum atomic E-state index is 0.600. The van der Waals surface area contributed by atoms with Crippen molar-refractivity contribution in [3.05, 3.63) is 64.4 Å². The molecule has 0 bridgehead atoms. The first-order valence-corrected chi connectivity index (χ1v) is 5.30. The van der Waals surface area contributed by atoms with Crippen LogP contribution >= 0.6 is 11.6 Å². The lowest BCUT2D eigenvalue weighted by atomic mass is 10.0. The van der Waals surface area contributed by atoms with Crippen molar-refractivity contribution in [1.82, 2.24) is 4.98 Å². The Kier molecular flexibility index (Phi) is 3.32. The zero-order valence-corrected chi connectivity index (χ0v) is 9.32. The first kappa shape index (κ1) is 10.8. The van der Waals surface area contributed by atoms with Crippen LogP contribution in [0.15, 0.2) is 42.7 Å². The number of hydrogen-bond acceptors (Lipinski definition) is 2. The van der Waals surface area contributed by atoms with E-state index in [1.54, 1.807) is 24.5 Å². The van der Waals surface area contributed by atoms with E-state index in [9.17, 15) is 4.79 Å². The fourth-order valence-corrected chi connectivity index (χ4v) is 1.76. The number of halogens is 1. The lowest BCUT2D eigenvalue weighted by Gasteiger charge is -2.04. The lowest BCUT2D eigenvalue weighted by molar-refractivity contribution is 0.112. The average molecular weight is 232 g/mol. The Morgan fingerprint density at radius 3 is 2.56 bits per heavy atom. The topological polar surface area (TPSA) is 30.0 Å². The molecule has 0 fully saturated rings. The molecule has 0 spiro atoms. The molecule has 80 valence electrons.